The molecule has 0 radical (unpaired) electrons. The predicted octanol–water partition coefficient (Wildman–Crippen LogP) is 6.70. The molecule has 0 heterocycles. The minimum absolute atomic E-state index is 0.228. The van der Waals surface area contributed by atoms with Gasteiger partial charge in [0.15, 0.2) is 0 Å². The first-order chi connectivity index (χ1) is 16.2. The SMILES string of the molecule is CCOC(=O)C(C(C)=Nc1cccc(OC)c1)c1ccc(-c2ccc(OC(F)(F)F)cc2)cc1. The largest absolute Gasteiger partial charge is 0.573 e. The predicted molar refractivity (Wildman–Crippen MR) is 124 cm³/mol. The molecule has 3 aromatic rings. The first kappa shape index (κ1) is 24.8. The van der Waals surface area contributed by atoms with Gasteiger partial charge in [0, 0.05) is 11.8 Å². The van der Waals surface area contributed by atoms with E-state index in [0.29, 0.717) is 28.3 Å². The molecule has 0 spiro atoms. The molecule has 0 aliphatic heterocycles. The zero-order chi connectivity index (χ0) is 24.7. The highest BCUT2D eigenvalue weighted by molar-refractivity contribution is 6.07. The highest BCUT2D eigenvalue weighted by atomic mass is 19.4. The summed E-state index contributed by atoms with van der Waals surface area (Å²) < 4.78 is 51.5. The Hall–Kier alpha value is -3.81. The number of hydrogen-bond donors (Lipinski definition) is 0. The van der Waals surface area contributed by atoms with E-state index in [-0.39, 0.29) is 12.4 Å². The van der Waals surface area contributed by atoms with Crippen LogP contribution in [0, 0.1) is 0 Å². The lowest BCUT2D eigenvalue weighted by atomic mass is 9.92. The quantitative estimate of drug-likeness (QED) is 0.271. The standard InChI is InChI=1S/C26H24F3NO4/c1-4-33-25(31)24(17(2)30-21-6-5-7-23(16-21)32-3)20-10-8-18(9-11-20)19-12-14-22(15-13-19)34-26(27,28)29/h5-16,24H,4H2,1-3H3. The summed E-state index contributed by atoms with van der Waals surface area (Å²) >= 11 is 0. The molecular formula is C26H24F3NO4. The van der Waals surface area contributed by atoms with Crippen molar-refractivity contribution in [3.05, 3.63) is 78.4 Å². The molecule has 0 saturated carbocycles. The van der Waals surface area contributed by atoms with E-state index < -0.39 is 18.2 Å². The highest BCUT2D eigenvalue weighted by Crippen LogP contribution is 2.29. The molecule has 0 saturated heterocycles. The van der Waals surface area contributed by atoms with Crippen LogP contribution in [0.25, 0.3) is 11.1 Å². The molecule has 5 nitrogen and oxygen atoms in total. The van der Waals surface area contributed by atoms with Gasteiger partial charge in [-0.15, -0.1) is 13.2 Å². The van der Waals surface area contributed by atoms with Gasteiger partial charge in [0.25, 0.3) is 0 Å². The number of esters is 1. The van der Waals surface area contributed by atoms with Crippen molar-refractivity contribution in [3.63, 3.8) is 0 Å². The number of carbonyl (C=O) groups excluding carboxylic acids is 1. The minimum atomic E-state index is -4.74. The third kappa shape index (κ3) is 6.60. The van der Waals surface area contributed by atoms with Gasteiger partial charge in [0.1, 0.15) is 17.4 Å². The van der Waals surface area contributed by atoms with Gasteiger partial charge in [-0.1, -0.05) is 42.5 Å². The first-order valence-corrected chi connectivity index (χ1v) is 10.5. The van der Waals surface area contributed by atoms with Crippen molar-refractivity contribution in [2.45, 2.75) is 26.1 Å². The van der Waals surface area contributed by atoms with Crippen LogP contribution in [0.5, 0.6) is 11.5 Å². The molecule has 0 fully saturated rings. The Bertz CT molecular complexity index is 1140. The molecule has 8 heteroatoms. The van der Waals surface area contributed by atoms with E-state index in [1.165, 1.54) is 24.3 Å². The molecule has 34 heavy (non-hydrogen) atoms. The van der Waals surface area contributed by atoms with Crippen molar-refractivity contribution in [1.29, 1.82) is 0 Å². The van der Waals surface area contributed by atoms with Gasteiger partial charge in [-0.2, -0.15) is 0 Å². The van der Waals surface area contributed by atoms with E-state index in [0.717, 1.165) is 5.56 Å². The molecule has 0 amide bonds. The zero-order valence-corrected chi connectivity index (χ0v) is 18.9. The monoisotopic (exact) mass is 471 g/mol. The number of alkyl halides is 3. The van der Waals surface area contributed by atoms with Crippen LogP contribution >= 0.6 is 0 Å². The lowest BCUT2D eigenvalue weighted by molar-refractivity contribution is -0.274. The van der Waals surface area contributed by atoms with Crippen LogP contribution in [-0.2, 0) is 9.53 Å². The topological polar surface area (TPSA) is 57.1 Å². The normalized spacial score (nSPS) is 12.7. The van der Waals surface area contributed by atoms with Gasteiger partial charge in [-0.05, 0) is 54.8 Å². The van der Waals surface area contributed by atoms with Gasteiger partial charge in [0.2, 0.25) is 0 Å². The van der Waals surface area contributed by atoms with E-state index in [1.54, 1.807) is 57.4 Å². The molecule has 0 aromatic heterocycles. The van der Waals surface area contributed by atoms with Crippen molar-refractivity contribution in [2.24, 2.45) is 4.99 Å². The molecule has 1 unspecified atom stereocenters. The average molecular weight is 471 g/mol. The Morgan fingerprint density at radius 2 is 1.56 bits per heavy atom. The van der Waals surface area contributed by atoms with Gasteiger partial charge < -0.3 is 14.2 Å². The van der Waals surface area contributed by atoms with Crippen molar-refractivity contribution in [1.82, 2.24) is 0 Å². The summed E-state index contributed by atoms with van der Waals surface area (Å²) in [4.78, 5) is 17.4. The molecule has 0 bridgehead atoms. The van der Waals surface area contributed by atoms with Crippen LogP contribution in [-0.4, -0.2) is 31.8 Å². The Labute approximate surface area is 195 Å². The second-order valence-corrected chi connectivity index (χ2v) is 7.33. The molecular weight excluding hydrogens is 447 g/mol. The number of hydrogen-bond acceptors (Lipinski definition) is 5. The van der Waals surface area contributed by atoms with E-state index in [2.05, 4.69) is 9.73 Å². The summed E-state index contributed by atoms with van der Waals surface area (Å²) in [6.45, 7) is 3.72. The van der Waals surface area contributed by atoms with E-state index in [9.17, 15) is 18.0 Å². The number of benzene rings is 3. The van der Waals surface area contributed by atoms with Crippen molar-refractivity contribution in [2.75, 3.05) is 13.7 Å². The van der Waals surface area contributed by atoms with Crippen molar-refractivity contribution < 1.29 is 32.2 Å². The van der Waals surface area contributed by atoms with Crippen LogP contribution < -0.4 is 9.47 Å². The number of ether oxygens (including phenoxy) is 3. The maximum atomic E-state index is 12.8. The summed E-state index contributed by atoms with van der Waals surface area (Å²) in [5.74, 6) is -0.784. The summed E-state index contributed by atoms with van der Waals surface area (Å²) in [5, 5.41) is 0. The smallest absolute Gasteiger partial charge is 0.497 e. The molecule has 0 N–H and O–H groups in total. The van der Waals surface area contributed by atoms with Crippen molar-refractivity contribution in [3.8, 4) is 22.6 Å². The first-order valence-electron chi connectivity index (χ1n) is 10.5. The second kappa shape index (κ2) is 10.9. The fourth-order valence-corrected chi connectivity index (χ4v) is 3.44. The summed E-state index contributed by atoms with van der Waals surface area (Å²) in [6.07, 6.45) is -4.74. The van der Waals surface area contributed by atoms with Crippen LogP contribution in [0.15, 0.2) is 77.8 Å². The van der Waals surface area contributed by atoms with Crippen LogP contribution in [0.1, 0.15) is 25.3 Å². The molecule has 3 rings (SSSR count). The van der Waals surface area contributed by atoms with Gasteiger partial charge in [0.05, 0.1) is 19.4 Å². The summed E-state index contributed by atoms with van der Waals surface area (Å²) in [7, 11) is 1.57. The number of rotatable bonds is 8. The Morgan fingerprint density at radius 1 is 0.941 bits per heavy atom. The molecule has 1 atom stereocenters. The number of carbonyl (C=O) groups is 1. The summed E-state index contributed by atoms with van der Waals surface area (Å²) in [6, 6.07) is 19.9. The maximum absolute atomic E-state index is 12.8. The van der Waals surface area contributed by atoms with Gasteiger partial charge >= 0.3 is 12.3 Å². The minimum Gasteiger partial charge on any atom is -0.497 e. The second-order valence-electron chi connectivity index (χ2n) is 7.33. The number of nitrogens with zero attached hydrogens (tertiary/aromatic N) is 1. The Kier molecular flexibility index (Phi) is 7.94. The third-order valence-corrected chi connectivity index (χ3v) is 4.96. The Morgan fingerprint density at radius 3 is 2.12 bits per heavy atom. The van der Waals surface area contributed by atoms with E-state index >= 15 is 0 Å². The highest BCUT2D eigenvalue weighted by Gasteiger charge is 2.31. The van der Waals surface area contributed by atoms with Crippen LogP contribution in [0.4, 0.5) is 18.9 Å². The van der Waals surface area contributed by atoms with Crippen LogP contribution in [0.3, 0.4) is 0 Å². The summed E-state index contributed by atoms with van der Waals surface area (Å²) in [5.41, 5.74) is 3.35. The van der Waals surface area contributed by atoms with Crippen molar-refractivity contribution >= 4 is 17.4 Å². The number of methoxy groups -OCH3 is 1. The average Bonchev–Trinajstić information content (AvgIpc) is 2.79. The van der Waals surface area contributed by atoms with E-state index in [4.69, 9.17) is 9.47 Å². The van der Waals surface area contributed by atoms with E-state index in [1.807, 2.05) is 12.1 Å². The molecule has 3 aromatic carbocycles. The van der Waals surface area contributed by atoms with Gasteiger partial charge in [-0.25, -0.2) is 0 Å². The van der Waals surface area contributed by atoms with Crippen LogP contribution in [0.2, 0.25) is 0 Å². The fourth-order valence-electron chi connectivity index (χ4n) is 3.44. The lowest BCUT2D eigenvalue weighted by Gasteiger charge is -2.17. The Balaban J connectivity index is 1.87. The lowest BCUT2D eigenvalue weighted by Crippen LogP contribution is -2.22. The maximum Gasteiger partial charge on any atom is 0.573 e. The van der Waals surface area contributed by atoms with Gasteiger partial charge in [-0.3, -0.25) is 9.79 Å². The molecule has 0 aliphatic carbocycles. The third-order valence-electron chi connectivity index (χ3n) is 4.96. The number of aliphatic imine (C=N–C) groups is 1. The molecule has 0 aliphatic rings. The zero-order valence-electron chi connectivity index (χ0n) is 18.9. The fraction of sp³-hybridized carbons (Fsp3) is 0.231. The number of halogens is 3. The molecule has 178 valence electrons.